The van der Waals surface area contributed by atoms with Crippen LogP contribution in [0.5, 0.6) is 0 Å². The van der Waals surface area contributed by atoms with Gasteiger partial charge in [0, 0.05) is 19.0 Å². The zero-order valence-electron chi connectivity index (χ0n) is 17.1. The molecule has 1 N–H and O–H groups in total. The van der Waals surface area contributed by atoms with E-state index in [1.165, 1.54) is 4.31 Å². The van der Waals surface area contributed by atoms with Crippen molar-refractivity contribution in [3.05, 3.63) is 65.2 Å². The first-order valence-corrected chi connectivity index (χ1v) is 11.5. The maximum atomic E-state index is 13.5. The second kappa shape index (κ2) is 9.22. The van der Waals surface area contributed by atoms with E-state index >= 15 is 0 Å². The third-order valence-corrected chi connectivity index (χ3v) is 7.45. The third-order valence-electron chi connectivity index (χ3n) is 5.56. The lowest BCUT2D eigenvalue weighted by molar-refractivity contribution is -0.126. The van der Waals surface area contributed by atoms with Gasteiger partial charge in [0.15, 0.2) is 11.6 Å². The highest BCUT2D eigenvalue weighted by Gasteiger charge is 2.33. The molecule has 0 saturated carbocycles. The molecule has 30 heavy (non-hydrogen) atoms. The van der Waals surface area contributed by atoms with E-state index in [0.29, 0.717) is 18.9 Å². The summed E-state index contributed by atoms with van der Waals surface area (Å²) >= 11 is 0. The standard InChI is InChI=1S/C22H26F2N2O3S/c1-3-21(16-6-4-15(2)5-7-16)25-22(27)17-10-12-26(13-11-17)30(28,29)18-8-9-19(23)20(24)14-18/h4-9,14,17,21H,3,10-13H2,1-2H3,(H,25,27). The number of carbonyl (C=O) groups excluding carboxylic acids is 1. The van der Waals surface area contributed by atoms with Crippen LogP contribution in [0.25, 0.3) is 0 Å². The summed E-state index contributed by atoms with van der Waals surface area (Å²) in [6.07, 6.45) is 1.50. The molecule has 1 fully saturated rings. The van der Waals surface area contributed by atoms with Crippen LogP contribution in [0.1, 0.15) is 43.4 Å². The molecule has 3 rings (SSSR count). The fourth-order valence-corrected chi connectivity index (χ4v) is 5.14. The Bertz CT molecular complexity index is 1000. The Kier molecular flexibility index (Phi) is 6.88. The fourth-order valence-electron chi connectivity index (χ4n) is 3.65. The van der Waals surface area contributed by atoms with Gasteiger partial charge in [-0.1, -0.05) is 36.8 Å². The van der Waals surface area contributed by atoms with Crippen molar-refractivity contribution in [3.63, 3.8) is 0 Å². The first kappa shape index (κ1) is 22.4. The van der Waals surface area contributed by atoms with Gasteiger partial charge in [-0.05, 0) is 49.9 Å². The second-order valence-corrected chi connectivity index (χ2v) is 9.57. The number of rotatable bonds is 6. The van der Waals surface area contributed by atoms with Crippen molar-refractivity contribution in [2.45, 2.75) is 44.0 Å². The Labute approximate surface area is 176 Å². The van der Waals surface area contributed by atoms with Crippen LogP contribution >= 0.6 is 0 Å². The quantitative estimate of drug-likeness (QED) is 0.746. The van der Waals surface area contributed by atoms with E-state index in [1.807, 2.05) is 38.1 Å². The molecule has 5 nitrogen and oxygen atoms in total. The first-order chi connectivity index (χ1) is 14.2. The van der Waals surface area contributed by atoms with Crippen LogP contribution in [-0.4, -0.2) is 31.7 Å². The number of benzene rings is 2. The summed E-state index contributed by atoms with van der Waals surface area (Å²) in [5.74, 6) is -2.68. The van der Waals surface area contributed by atoms with Gasteiger partial charge < -0.3 is 5.32 Å². The number of hydrogen-bond donors (Lipinski definition) is 1. The van der Waals surface area contributed by atoms with Gasteiger partial charge in [0.2, 0.25) is 15.9 Å². The Morgan fingerprint density at radius 1 is 1.10 bits per heavy atom. The van der Waals surface area contributed by atoms with Gasteiger partial charge in [0.1, 0.15) is 0 Å². The molecule has 8 heteroatoms. The Morgan fingerprint density at radius 2 is 1.73 bits per heavy atom. The molecule has 0 spiro atoms. The summed E-state index contributed by atoms with van der Waals surface area (Å²) in [6.45, 7) is 4.31. The average molecular weight is 437 g/mol. The van der Waals surface area contributed by atoms with Crippen LogP contribution in [0.3, 0.4) is 0 Å². The van der Waals surface area contributed by atoms with E-state index in [2.05, 4.69) is 5.32 Å². The molecule has 0 radical (unpaired) electrons. The van der Waals surface area contributed by atoms with Crippen molar-refractivity contribution >= 4 is 15.9 Å². The summed E-state index contributed by atoms with van der Waals surface area (Å²) in [5.41, 5.74) is 2.18. The third kappa shape index (κ3) is 4.87. The molecule has 1 unspecified atom stereocenters. The SMILES string of the molecule is CCC(NC(=O)C1CCN(S(=O)(=O)c2ccc(F)c(F)c2)CC1)c1ccc(C)cc1. The monoisotopic (exact) mass is 436 g/mol. The molecule has 1 amide bonds. The van der Waals surface area contributed by atoms with Crippen LogP contribution in [0, 0.1) is 24.5 Å². The molecule has 1 saturated heterocycles. The van der Waals surface area contributed by atoms with E-state index in [0.717, 1.165) is 29.7 Å². The molecule has 1 aliphatic rings. The zero-order valence-corrected chi connectivity index (χ0v) is 17.9. The van der Waals surface area contributed by atoms with Crippen molar-refractivity contribution in [1.29, 1.82) is 0 Å². The minimum absolute atomic E-state index is 0.0905. The maximum Gasteiger partial charge on any atom is 0.243 e. The number of piperidine rings is 1. The summed E-state index contributed by atoms with van der Waals surface area (Å²) in [4.78, 5) is 12.5. The number of nitrogens with zero attached hydrogens (tertiary/aromatic N) is 1. The van der Waals surface area contributed by atoms with Gasteiger partial charge in [-0.25, -0.2) is 17.2 Å². The van der Waals surface area contributed by atoms with Gasteiger partial charge >= 0.3 is 0 Å². The Hall–Kier alpha value is -2.32. The fraction of sp³-hybridized carbons (Fsp3) is 0.409. The topological polar surface area (TPSA) is 66.5 Å². The number of amides is 1. The number of sulfonamides is 1. The second-order valence-electron chi connectivity index (χ2n) is 7.63. The van der Waals surface area contributed by atoms with Crippen LogP contribution in [-0.2, 0) is 14.8 Å². The Morgan fingerprint density at radius 3 is 2.30 bits per heavy atom. The maximum absolute atomic E-state index is 13.5. The summed E-state index contributed by atoms with van der Waals surface area (Å²) in [5, 5.41) is 3.07. The minimum Gasteiger partial charge on any atom is -0.349 e. The van der Waals surface area contributed by atoms with Crippen molar-refractivity contribution in [2.24, 2.45) is 5.92 Å². The van der Waals surface area contributed by atoms with Crippen LogP contribution in [0.15, 0.2) is 47.4 Å². The molecular formula is C22H26F2N2O3S. The first-order valence-electron chi connectivity index (χ1n) is 10.0. The lowest BCUT2D eigenvalue weighted by Crippen LogP contribution is -2.43. The Balaban J connectivity index is 1.62. The van der Waals surface area contributed by atoms with Crippen molar-refractivity contribution in [2.75, 3.05) is 13.1 Å². The zero-order chi connectivity index (χ0) is 21.9. The molecule has 1 aliphatic heterocycles. The normalized spacial score (nSPS) is 16.9. The molecule has 1 heterocycles. The molecular weight excluding hydrogens is 410 g/mol. The molecule has 0 bridgehead atoms. The number of hydrogen-bond acceptors (Lipinski definition) is 3. The summed E-state index contributed by atoms with van der Waals surface area (Å²) in [6, 6.07) is 10.5. The number of carbonyl (C=O) groups is 1. The number of aryl methyl sites for hydroxylation is 1. The molecule has 162 valence electrons. The van der Waals surface area contributed by atoms with Gasteiger partial charge in [-0.2, -0.15) is 4.31 Å². The van der Waals surface area contributed by atoms with E-state index < -0.39 is 21.7 Å². The summed E-state index contributed by atoms with van der Waals surface area (Å²) < 4.78 is 53.2. The lowest BCUT2D eigenvalue weighted by Gasteiger charge is -2.31. The highest BCUT2D eigenvalue weighted by Crippen LogP contribution is 2.26. The molecule has 0 aliphatic carbocycles. The average Bonchev–Trinajstić information content (AvgIpc) is 2.74. The lowest BCUT2D eigenvalue weighted by atomic mass is 9.95. The van der Waals surface area contributed by atoms with Crippen molar-refractivity contribution < 1.29 is 22.0 Å². The number of nitrogens with one attached hydrogen (secondary N) is 1. The largest absolute Gasteiger partial charge is 0.349 e. The van der Waals surface area contributed by atoms with Gasteiger partial charge in [0.05, 0.1) is 10.9 Å². The highest BCUT2D eigenvalue weighted by atomic mass is 32.2. The molecule has 1 atom stereocenters. The van der Waals surface area contributed by atoms with Crippen molar-refractivity contribution in [3.8, 4) is 0 Å². The van der Waals surface area contributed by atoms with Gasteiger partial charge in [0.25, 0.3) is 0 Å². The van der Waals surface area contributed by atoms with Crippen LogP contribution in [0.2, 0.25) is 0 Å². The van der Waals surface area contributed by atoms with E-state index in [-0.39, 0.29) is 35.9 Å². The van der Waals surface area contributed by atoms with E-state index in [1.54, 1.807) is 0 Å². The molecule has 2 aromatic rings. The van der Waals surface area contributed by atoms with E-state index in [4.69, 9.17) is 0 Å². The predicted octanol–water partition coefficient (Wildman–Crippen LogP) is 3.94. The smallest absolute Gasteiger partial charge is 0.243 e. The van der Waals surface area contributed by atoms with Gasteiger partial charge in [-0.15, -0.1) is 0 Å². The predicted molar refractivity (Wildman–Crippen MR) is 110 cm³/mol. The van der Waals surface area contributed by atoms with Gasteiger partial charge in [-0.3, -0.25) is 4.79 Å². The summed E-state index contributed by atoms with van der Waals surface area (Å²) in [7, 11) is -3.93. The van der Waals surface area contributed by atoms with E-state index in [9.17, 15) is 22.0 Å². The van der Waals surface area contributed by atoms with Crippen LogP contribution < -0.4 is 5.32 Å². The van der Waals surface area contributed by atoms with Crippen molar-refractivity contribution in [1.82, 2.24) is 9.62 Å². The number of halogens is 2. The molecule has 2 aromatic carbocycles. The molecule has 0 aromatic heterocycles. The minimum atomic E-state index is -3.93. The van der Waals surface area contributed by atoms with Crippen LogP contribution in [0.4, 0.5) is 8.78 Å². The highest BCUT2D eigenvalue weighted by molar-refractivity contribution is 7.89.